The Morgan fingerprint density at radius 3 is 2.79 bits per heavy atom. The van der Waals surface area contributed by atoms with Crippen molar-refractivity contribution in [3.8, 4) is 11.5 Å². The van der Waals surface area contributed by atoms with Crippen LogP contribution in [0.5, 0.6) is 11.5 Å². The van der Waals surface area contributed by atoms with Crippen LogP contribution < -0.4 is 15.6 Å². The van der Waals surface area contributed by atoms with Crippen molar-refractivity contribution in [1.29, 1.82) is 0 Å². The van der Waals surface area contributed by atoms with Crippen LogP contribution in [0.4, 0.5) is 0 Å². The van der Waals surface area contributed by atoms with Gasteiger partial charge in [-0.2, -0.15) is 0 Å². The topological polar surface area (TPSA) is 93.5 Å². The van der Waals surface area contributed by atoms with Crippen LogP contribution in [0.1, 0.15) is 22.3 Å². The van der Waals surface area contributed by atoms with Crippen LogP contribution in [0.3, 0.4) is 0 Å². The summed E-state index contributed by atoms with van der Waals surface area (Å²) < 4.78 is 6.42. The minimum atomic E-state index is -0.702. The standard InChI is InChI=1S/C17H13N3O4/c1-24-13-8-9(6-7-12(13)21)14-19-16(22)15-18-11-5-3-2-4-10(11)17(23)20(14)15/h2-8,14,21H,1H3,(H,19,22). The summed E-state index contributed by atoms with van der Waals surface area (Å²) in [5.41, 5.74) is 0.787. The van der Waals surface area contributed by atoms with Gasteiger partial charge in [0.25, 0.3) is 11.5 Å². The second kappa shape index (κ2) is 5.09. The summed E-state index contributed by atoms with van der Waals surface area (Å²) in [5.74, 6) is -0.114. The molecular weight excluding hydrogens is 310 g/mol. The zero-order chi connectivity index (χ0) is 16.8. The molecular formula is C17H13N3O4. The third kappa shape index (κ3) is 1.95. The van der Waals surface area contributed by atoms with Gasteiger partial charge >= 0.3 is 0 Å². The van der Waals surface area contributed by atoms with Gasteiger partial charge in [0.1, 0.15) is 6.17 Å². The summed E-state index contributed by atoms with van der Waals surface area (Å²) in [6, 6.07) is 11.5. The number of hydrogen-bond acceptors (Lipinski definition) is 5. The van der Waals surface area contributed by atoms with Crippen molar-refractivity contribution in [1.82, 2.24) is 14.9 Å². The molecule has 1 aliphatic heterocycles. The van der Waals surface area contributed by atoms with Gasteiger partial charge in [-0.1, -0.05) is 18.2 Å². The van der Waals surface area contributed by atoms with Crippen LogP contribution in [-0.2, 0) is 0 Å². The molecule has 1 aromatic heterocycles. The molecule has 7 nitrogen and oxygen atoms in total. The van der Waals surface area contributed by atoms with Gasteiger partial charge in [0.2, 0.25) is 5.82 Å². The predicted molar refractivity (Wildman–Crippen MR) is 86.3 cm³/mol. The molecule has 7 heteroatoms. The monoisotopic (exact) mass is 323 g/mol. The zero-order valence-corrected chi connectivity index (χ0v) is 12.7. The molecule has 2 aromatic carbocycles. The summed E-state index contributed by atoms with van der Waals surface area (Å²) in [7, 11) is 1.43. The number of hydrogen-bond donors (Lipinski definition) is 2. The third-order valence-corrected chi connectivity index (χ3v) is 4.06. The van der Waals surface area contributed by atoms with E-state index in [1.807, 2.05) is 0 Å². The number of carbonyl (C=O) groups excluding carboxylic acids is 1. The number of phenolic OH excluding ortho intramolecular Hbond substituents is 1. The van der Waals surface area contributed by atoms with Gasteiger partial charge in [-0.25, -0.2) is 4.98 Å². The number of para-hydroxylation sites is 1. The number of benzene rings is 2. The highest BCUT2D eigenvalue weighted by Crippen LogP contribution is 2.31. The van der Waals surface area contributed by atoms with Crippen LogP contribution in [0, 0.1) is 0 Å². The van der Waals surface area contributed by atoms with E-state index in [1.165, 1.54) is 17.7 Å². The molecule has 24 heavy (non-hydrogen) atoms. The lowest BCUT2D eigenvalue weighted by Gasteiger charge is -2.15. The maximum absolute atomic E-state index is 12.8. The Kier molecular flexibility index (Phi) is 3.02. The van der Waals surface area contributed by atoms with Crippen LogP contribution in [0.2, 0.25) is 0 Å². The molecule has 2 heterocycles. The van der Waals surface area contributed by atoms with Gasteiger partial charge < -0.3 is 15.2 Å². The first-order valence-electron chi connectivity index (χ1n) is 7.29. The lowest BCUT2D eigenvalue weighted by atomic mass is 10.1. The van der Waals surface area contributed by atoms with E-state index in [0.717, 1.165) is 0 Å². The predicted octanol–water partition coefficient (Wildman–Crippen LogP) is 1.40. The highest BCUT2D eigenvalue weighted by molar-refractivity contribution is 5.95. The van der Waals surface area contributed by atoms with E-state index in [-0.39, 0.29) is 22.9 Å². The third-order valence-electron chi connectivity index (χ3n) is 4.06. The maximum atomic E-state index is 12.8. The Balaban J connectivity index is 1.96. The van der Waals surface area contributed by atoms with Crippen molar-refractivity contribution in [2.45, 2.75) is 6.17 Å². The van der Waals surface area contributed by atoms with Gasteiger partial charge in [-0.05, 0) is 29.8 Å². The maximum Gasteiger partial charge on any atom is 0.289 e. The lowest BCUT2D eigenvalue weighted by molar-refractivity contribution is 0.0956. The van der Waals surface area contributed by atoms with Gasteiger partial charge in [-0.3, -0.25) is 14.2 Å². The van der Waals surface area contributed by atoms with Gasteiger partial charge in [0.15, 0.2) is 11.5 Å². The van der Waals surface area contributed by atoms with E-state index < -0.39 is 12.1 Å². The molecule has 0 saturated heterocycles. The summed E-state index contributed by atoms with van der Waals surface area (Å²) in [5, 5.41) is 12.9. The molecule has 0 bridgehead atoms. The number of phenols is 1. The minimum Gasteiger partial charge on any atom is -0.504 e. The Morgan fingerprint density at radius 2 is 2.00 bits per heavy atom. The molecule has 0 radical (unpaired) electrons. The molecule has 0 saturated carbocycles. The van der Waals surface area contributed by atoms with E-state index in [9.17, 15) is 14.7 Å². The fraction of sp³-hybridized carbons (Fsp3) is 0.118. The van der Waals surface area contributed by atoms with Crippen molar-refractivity contribution < 1.29 is 14.6 Å². The van der Waals surface area contributed by atoms with Gasteiger partial charge in [0, 0.05) is 0 Å². The lowest BCUT2D eigenvalue weighted by Crippen LogP contribution is -2.28. The fourth-order valence-electron chi connectivity index (χ4n) is 2.90. The van der Waals surface area contributed by atoms with Crippen molar-refractivity contribution in [2.75, 3.05) is 7.11 Å². The zero-order valence-electron chi connectivity index (χ0n) is 12.7. The number of nitrogens with one attached hydrogen (secondary N) is 1. The molecule has 0 aliphatic carbocycles. The molecule has 0 fully saturated rings. The van der Waals surface area contributed by atoms with E-state index in [1.54, 1.807) is 36.4 Å². The van der Waals surface area contributed by atoms with Crippen LogP contribution >= 0.6 is 0 Å². The Morgan fingerprint density at radius 1 is 1.21 bits per heavy atom. The Labute approximate surface area is 136 Å². The number of carbonyl (C=O) groups is 1. The summed E-state index contributed by atoms with van der Waals surface area (Å²) in [6.07, 6.45) is -0.702. The summed E-state index contributed by atoms with van der Waals surface area (Å²) in [4.78, 5) is 29.4. The average Bonchev–Trinajstić information content (AvgIpc) is 2.93. The first-order chi connectivity index (χ1) is 11.6. The first-order valence-corrected chi connectivity index (χ1v) is 7.29. The Bertz CT molecular complexity index is 1040. The first kappa shape index (κ1) is 14.3. The number of amides is 1. The quantitative estimate of drug-likeness (QED) is 0.743. The molecule has 1 aliphatic rings. The number of ether oxygens (including phenoxy) is 1. The van der Waals surface area contributed by atoms with E-state index >= 15 is 0 Å². The number of aromatic hydroxyl groups is 1. The van der Waals surface area contributed by atoms with Gasteiger partial charge in [-0.15, -0.1) is 0 Å². The second-order valence-electron chi connectivity index (χ2n) is 5.43. The van der Waals surface area contributed by atoms with Crippen LogP contribution in [0.15, 0.2) is 47.3 Å². The van der Waals surface area contributed by atoms with Crippen LogP contribution in [-0.4, -0.2) is 27.7 Å². The second-order valence-corrected chi connectivity index (χ2v) is 5.43. The minimum absolute atomic E-state index is 0.0187. The molecule has 1 atom stereocenters. The normalized spacial score (nSPS) is 16.0. The highest BCUT2D eigenvalue weighted by atomic mass is 16.5. The average molecular weight is 323 g/mol. The van der Waals surface area contributed by atoms with E-state index in [0.29, 0.717) is 16.5 Å². The molecule has 1 unspecified atom stereocenters. The summed E-state index contributed by atoms with van der Waals surface area (Å²) in [6.45, 7) is 0. The molecule has 120 valence electrons. The number of methoxy groups -OCH3 is 1. The largest absolute Gasteiger partial charge is 0.504 e. The van der Waals surface area contributed by atoms with Crippen molar-refractivity contribution >= 4 is 16.8 Å². The van der Waals surface area contributed by atoms with E-state index in [4.69, 9.17) is 4.74 Å². The number of nitrogens with zero attached hydrogens (tertiary/aromatic N) is 2. The molecule has 3 aromatic rings. The van der Waals surface area contributed by atoms with Crippen molar-refractivity contribution in [2.24, 2.45) is 0 Å². The van der Waals surface area contributed by atoms with Crippen molar-refractivity contribution in [3.63, 3.8) is 0 Å². The fourth-order valence-corrected chi connectivity index (χ4v) is 2.90. The van der Waals surface area contributed by atoms with Crippen molar-refractivity contribution in [3.05, 3.63) is 64.2 Å². The van der Waals surface area contributed by atoms with E-state index in [2.05, 4.69) is 10.3 Å². The summed E-state index contributed by atoms with van der Waals surface area (Å²) >= 11 is 0. The number of fused-ring (bicyclic) bond motifs is 2. The molecule has 2 N–H and O–H groups in total. The molecule has 4 rings (SSSR count). The van der Waals surface area contributed by atoms with Gasteiger partial charge in [0.05, 0.1) is 18.0 Å². The molecule has 1 amide bonds. The number of rotatable bonds is 2. The van der Waals surface area contributed by atoms with Crippen LogP contribution in [0.25, 0.3) is 10.9 Å². The Hall–Kier alpha value is -3.35. The SMILES string of the molecule is COc1cc(C2NC(=O)c3nc4ccccc4c(=O)n32)ccc1O. The smallest absolute Gasteiger partial charge is 0.289 e. The number of aromatic nitrogens is 2. The highest BCUT2D eigenvalue weighted by Gasteiger charge is 2.33. The molecule has 0 spiro atoms.